The number of halogens is 5. The molecule has 0 heterocycles. The van der Waals surface area contributed by atoms with Crippen molar-refractivity contribution in [3.63, 3.8) is 0 Å². The highest BCUT2D eigenvalue weighted by molar-refractivity contribution is 7.91. The van der Waals surface area contributed by atoms with Crippen molar-refractivity contribution in [1.29, 1.82) is 0 Å². The third-order valence-electron chi connectivity index (χ3n) is 2.58. The molecule has 0 spiro atoms. The van der Waals surface area contributed by atoms with E-state index in [0.29, 0.717) is 0 Å². The molecule has 0 aliphatic rings. The Hall–Kier alpha value is -1.38. The second-order valence-electron chi connectivity index (χ2n) is 3.96. The second kappa shape index (κ2) is 6.38. The first-order chi connectivity index (χ1) is 9.21. The van der Waals surface area contributed by atoms with Gasteiger partial charge in [-0.15, -0.1) is 0 Å². The molecule has 0 bridgehead atoms. The van der Waals surface area contributed by atoms with E-state index in [1.54, 1.807) is 0 Å². The van der Waals surface area contributed by atoms with Crippen molar-refractivity contribution in [2.24, 2.45) is 0 Å². The third kappa shape index (κ3) is 3.59. The Morgan fingerprint density at radius 1 is 0.900 bits per heavy atom. The molecule has 9 heteroatoms. The van der Waals surface area contributed by atoms with Gasteiger partial charge in [-0.2, -0.15) is 0 Å². The fourth-order valence-electron chi connectivity index (χ4n) is 1.41. The van der Waals surface area contributed by atoms with Gasteiger partial charge in [0, 0.05) is 12.3 Å². The molecule has 0 saturated carbocycles. The van der Waals surface area contributed by atoms with Crippen LogP contribution in [0.25, 0.3) is 0 Å². The largest absolute Gasteiger partial charge is 0.380 e. The molecule has 0 aromatic heterocycles. The van der Waals surface area contributed by atoms with Gasteiger partial charge in [-0.1, -0.05) is 6.92 Å². The number of hydrogen-bond donors (Lipinski definition) is 1. The van der Waals surface area contributed by atoms with Gasteiger partial charge in [-0.25, -0.2) is 30.4 Å². The molecular weight excluding hydrogens is 305 g/mol. The smallest absolute Gasteiger partial charge is 0.200 e. The molecule has 0 fully saturated rings. The minimum atomic E-state index is -3.25. The van der Waals surface area contributed by atoms with Gasteiger partial charge in [0.15, 0.2) is 23.3 Å². The number of sulfone groups is 1. The summed E-state index contributed by atoms with van der Waals surface area (Å²) >= 11 is 0. The van der Waals surface area contributed by atoms with Crippen molar-refractivity contribution >= 4 is 15.5 Å². The molecule has 1 N–H and O–H groups in total. The molecule has 114 valence electrons. The highest BCUT2D eigenvalue weighted by Crippen LogP contribution is 2.26. The van der Waals surface area contributed by atoms with E-state index in [1.165, 1.54) is 6.92 Å². The lowest BCUT2D eigenvalue weighted by atomic mass is 10.2. The second-order valence-corrected chi connectivity index (χ2v) is 6.43. The number of hydrogen-bond acceptors (Lipinski definition) is 3. The molecule has 0 atom stereocenters. The van der Waals surface area contributed by atoms with Crippen LogP contribution in [-0.4, -0.2) is 26.5 Å². The lowest BCUT2D eigenvalue weighted by molar-refractivity contribution is 0.381. The lowest BCUT2D eigenvalue weighted by Gasteiger charge is -2.10. The number of benzene rings is 1. The van der Waals surface area contributed by atoms with E-state index in [0.717, 1.165) is 0 Å². The van der Waals surface area contributed by atoms with Crippen molar-refractivity contribution in [2.45, 2.75) is 13.3 Å². The summed E-state index contributed by atoms with van der Waals surface area (Å²) in [5, 5.41) is 2.03. The van der Waals surface area contributed by atoms with Gasteiger partial charge in [0.25, 0.3) is 0 Å². The Kier molecular flexibility index (Phi) is 5.32. The van der Waals surface area contributed by atoms with Crippen LogP contribution in [0, 0.1) is 29.1 Å². The summed E-state index contributed by atoms with van der Waals surface area (Å²) in [4.78, 5) is 0. The van der Waals surface area contributed by atoms with Gasteiger partial charge < -0.3 is 5.32 Å². The van der Waals surface area contributed by atoms with Crippen molar-refractivity contribution < 1.29 is 30.4 Å². The van der Waals surface area contributed by atoms with Crippen LogP contribution in [0.1, 0.15) is 13.3 Å². The third-order valence-corrected chi connectivity index (χ3v) is 4.37. The van der Waals surface area contributed by atoms with Crippen LogP contribution in [0.15, 0.2) is 0 Å². The zero-order valence-electron chi connectivity index (χ0n) is 10.4. The average molecular weight is 317 g/mol. The lowest BCUT2D eigenvalue weighted by Crippen LogP contribution is -2.15. The van der Waals surface area contributed by atoms with Crippen LogP contribution >= 0.6 is 0 Å². The molecule has 0 unspecified atom stereocenters. The molecule has 1 aromatic carbocycles. The Balaban J connectivity index is 2.80. The van der Waals surface area contributed by atoms with Crippen LogP contribution in [0.3, 0.4) is 0 Å². The van der Waals surface area contributed by atoms with Crippen LogP contribution in [0.5, 0.6) is 0 Å². The van der Waals surface area contributed by atoms with Crippen LogP contribution in [0.2, 0.25) is 0 Å². The van der Waals surface area contributed by atoms with Gasteiger partial charge >= 0.3 is 0 Å². The Morgan fingerprint density at radius 2 is 1.35 bits per heavy atom. The summed E-state index contributed by atoms with van der Waals surface area (Å²) in [5.74, 6) is -10.6. The summed E-state index contributed by atoms with van der Waals surface area (Å²) < 4.78 is 87.2. The molecule has 1 rings (SSSR count). The van der Waals surface area contributed by atoms with E-state index in [9.17, 15) is 30.4 Å². The highest BCUT2D eigenvalue weighted by atomic mass is 32.2. The van der Waals surface area contributed by atoms with Gasteiger partial charge in [-0.3, -0.25) is 0 Å². The van der Waals surface area contributed by atoms with E-state index in [1.807, 2.05) is 5.32 Å². The molecule has 1 aromatic rings. The molecule has 20 heavy (non-hydrogen) atoms. The Labute approximate surface area is 112 Å². The normalized spacial score (nSPS) is 11.7. The highest BCUT2D eigenvalue weighted by Gasteiger charge is 2.25. The zero-order valence-corrected chi connectivity index (χ0v) is 11.3. The summed E-state index contributed by atoms with van der Waals surface area (Å²) in [6.07, 6.45) is -0.0182. The predicted molar refractivity (Wildman–Crippen MR) is 63.7 cm³/mol. The first-order valence-corrected chi connectivity index (χ1v) is 7.49. The zero-order chi connectivity index (χ0) is 15.5. The van der Waals surface area contributed by atoms with E-state index < -0.39 is 44.6 Å². The van der Waals surface area contributed by atoms with Crippen molar-refractivity contribution in [1.82, 2.24) is 0 Å². The van der Waals surface area contributed by atoms with Gasteiger partial charge in [-0.05, 0) is 6.42 Å². The van der Waals surface area contributed by atoms with E-state index in [4.69, 9.17) is 0 Å². The standard InChI is InChI=1S/C11H12F5NO2S/c1-2-20(18,19)5-3-4-17-11-9(15)7(13)6(12)8(14)10(11)16/h17H,2-5H2,1H3. The number of anilines is 1. The van der Waals surface area contributed by atoms with E-state index in [2.05, 4.69) is 0 Å². The first-order valence-electron chi connectivity index (χ1n) is 5.67. The topological polar surface area (TPSA) is 46.2 Å². The van der Waals surface area contributed by atoms with Crippen LogP contribution in [-0.2, 0) is 9.84 Å². The Bertz CT molecular complexity index is 574. The predicted octanol–water partition coefficient (Wildman–Crippen LogP) is 2.62. The summed E-state index contributed by atoms with van der Waals surface area (Å²) in [6.45, 7) is 1.20. The minimum Gasteiger partial charge on any atom is -0.380 e. The molecule has 3 nitrogen and oxygen atoms in total. The quantitative estimate of drug-likeness (QED) is 0.380. The molecule has 0 radical (unpaired) electrons. The monoisotopic (exact) mass is 317 g/mol. The van der Waals surface area contributed by atoms with Gasteiger partial charge in [0.05, 0.1) is 5.75 Å². The molecule has 0 aliphatic heterocycles. The molecule has 0 saturated heterocycles. The molecule has 0 aliphatic carbocycles. The average Bonchev–Trinajstić information content (AvgIpc) is 2.42. The van der Waals surface area contributed by atoms with Crippen LogP contribution in [0.4, 0.5) is 27.6 Å². The van der Waals surface area contributed by atoms with Crippen molar-refractivity contribution in [3.8, 4) is 0 Å². The number of nitrogens with one attached hydrogen (secondary N) is 1. The molecular formula is C11H12F5NO2S. The SMILES string of the molecule is CCS(=O)(=O)CCCNc1c(F)c(F)c(F)c(F)c1F. The maximum atomic E-state index is 13.2. The fourth-order valence-corrected chi connectivity index (χ4v) is 2.28. The van der Waals surface area contributed by atoms with Crippen molar-refractivity contribution in [2.75, 3.05) is 23.4 Å². The van der Waals surface area contributed by atoms with Gasteiger partial charge in [0.1, 0.15) is 15.5 Å². The summed E-state index contributed by atoms with van der Waals surface area (Å²) in [5.41, 5.74) is -1.16. The van der Waals surface area contributed by atoms with E-state index >= 15 is 0 Å². The maximum absolute atomic E-state index is 13.2. The Morgan fingerprint density at radius 3 is 1.80 bits per heavy atom. The first kappa shape index (κ1) is 16.7. The van der Waals surface area contributed by atoms with Gasteiger partial charge in [0.2, 0.25) is 5.82 Å². The number of rotatable bonds is 6. The van der Waals surface area contributed by atoms with Crippen molar-refractivity contribution in [3.05, 3.63) is 29.1 Å². The van der Waals surface area contributed by atoms with Crippen LogP contribution < -0.4 is 5.32 Å². The summed E-state index contributed by atoms with van der Waals surface area (Å²) in [6, 6.07) is 0. The minimum absolute atomic E-state index is 0.0182. The fraction of sp³-hybridized carbons (Fsp3) is 0.455. The maximum Gasteiger partial charge on any atom is 0.200 e. The van der Waals surface area contributed by atoms with E-state index in [-0.39, 0.29) is 24.5 Å². The molecule has 0 amide bonds. The summed E-state index contributed by atoms with van der Waals surface area (Å²) in [7, 11) is -3.25.